The second-order valence-electron chi connectivity index (χ2n) is 4.78. The number of aryl methyl sites for hydroxylation is 1. The van der Waals surface area contributed by atoms with Crippen LogP contribution in [0.5, 0.6) is 0 Å². The van der Waals surface area contributed by atoms with E-state index in [0.29, 0.717) is 22.6 Å². The van der Waals surface area contributed by atoms with E-state index in [0.717, 1.165) is 30.1 Å². The fraction of sp³-hybridized carbons (Fsp3) is 0.417. The van der Waals surface area contributed by atoms with Crippen molar-refractivity contribution in [3.05, 3.63) is 28.3 Å². The molecule has 2 aromatic heterocycles. The first-order valence-electron chi connectivity index (χ1n) is 6.18. The highest BCUT2D eigenvalue weighted by molar-refractivity contribution is 6.31. The van der Waals surface area contributed by atoms with Crippen LogP contribution in [-0.2, 0) is 0 Å². The average Bonchev–Trinajstić information content (AvgIpc) is 3.23. The number of nitrogen functional groups attached to an aromatic ring is 1. The summed E-state index contributed by atoms with van der Waals surface area (Å²) in [5.41, 5.74) is 4.22. The van der Waals surface area contributed by atoms with Crippen molar-refractivity contribution >= 4 is 17.4 Å². The van der Waals surface area contributed by atoms with Gasteiger partial charge in [-0.05, 0) is 26.7 Å². The molecule has 100 valence electrons. The number of hydrogen-bond acceptors (Lipinski definition) is 5. The zero-order valence-corrected chi connectivity index (χ0v) is 11.6. The number of rotatable bonds is 3. The van der Waals surface area contributed by atoms with Crippen LogP contribution in [0.1, 0.15) is 36.0 Å². The van der Waals surface area contributed by atoms with E-state index in [-0.39, 0.29) is 0 Å². The lowest BCUT2D eigenvalue weighted by Crippen LogP contribution is -2.13. The van der Waals surface area contributed by atoms with E-state index in [9.17, 15) is 0 Å². The Bertz CT molecular complexity index is 631. The lowest BCUT2D eigenvalue weighted by atomic mass is 10.3. The molecule has 0 radical (unpaired) electrons. The summed E-state index contributed by atoms with van der Waals surface area (Å²) < 4.78 is 1.73. The minimum absolute atomic E-state index is 0.444. The maximum atomic E-state index is 6.17. The molecule has 19 heavy (non-hydrogen) atoms. The number of nitrogens with two attached hydrogens (primary N) is 1. The molecule has 0 amide bonds. The van der Waals surface area contributed by atoms with Gasteiger partial charge in [-0.3, -0.25) is 0 Å². The molecule has 6 nitrogen and oxygen atoms in total. The number of aromatic nitrogens is 4. The van der Waals surface area contributed by atoms with Gasteiger partial charge in [0, 0.05) is 12.0 Å². The van der Waals surface area contributed by atoms with Gasteiger partial charge in [0.1, 0.15) is 11.6 Å². The van der Waals surface area contributed by atoms with Crippen molar-refractivity contribution in [1.29, 1.82) is 0 Å². The van der Waals surface area contributed by atoms with Gasteiger partial charge in [-0.25, -0.2) is 20.5 Å². The van der Waals surface area contributed by atoms with Gasteiger partial charge in [-0.1, -0.05) is 11.6 Å². The second-order valence-corrected chi connectivity index (χ2v) is 5.16. The molecule has 1 saturated carbocycles. The van der Waals surface area contributed by atoms with Crippen molar-refractivity contribution in [3.63, 3.8) is 0 Å². The Balaban J connectivity index is 2.12. The number of nitrogens with zero attached hydrogens (tertiary/aromatic N) is 4. The molecular weight excluding hydrogens is 264 g/mol. The third-order valence-corrected chi connectivity index (χ3v) is 3.79. The van der Waals surface area contributed by atoms with Crippen LogP contribution < -0.4 is 11.3 Å². The van der Waals surface area contributed by atoms with Crippen LogP contribution >= 0.6 is 11.6 Å². The van der Waals surface area contributed by atoms with Crippen molar-refractivity contribution in [3.8, 4) is 5.82 Å². The zero-order valence-electron chi connectivity index (χ0n) is 10.8. The molecule has 1 fully saturated rings. The van der Waals surface area contributed by atoms with E-state index in [1.165, 1.54) is 0 Å². The molecule has 0 saturated heterocycles. The Morgan fingerprint density at radius 3 is 2.63 bits per heavy atom. The maximum absolute atomic E-state index is 6.17. The van der Waals surface area contributed by atoms with Gasteiger partial charge in [-0.2, -0.15) is 5.10 Å². The molecule has 3 rings (SSSR count). The van der Waals surface area contributed by atoms with Gasteiger partial charge in [0.2, 0.25) is 0 Å². The average molecular weight is 279 g/mol. The molecule has 0 aromatic carbocycles. The Kier molecular flexibility index (Phi) is 2.91. The van der Waals surface area contributed by atoms with E-state index < -0.39 is 0 Å². The SMILES string of the molecule is Cc1nn(-c2cc(NN)nc(C3CC3)n2)c(C)c1Cl. The first kappa shape index (κ1) is 12.4. The topological polar surface area (TPSA) is 81.7 Å². The molecule has 0 bridgehead atoms. The summed E-state index contributed by atoms with van der Waals surface area (Å²) in [5.74, 6) is 8.01. The summed E-state index contributed by atoms with van der Waals surface area (Å²) in [7, 11) is 0. The Morgan fingerprint density at radius 2 is 2.11 bits per heavy atom. The number of anilines is 1. The number of hydrazine groups is 1. The van der Waals surface area contributed by atoms with Crippen molar-refractivity contribution < 1.29 is 0 Å². The van der Waals surface area contributed by atoms with Crippen LogP contribution in [0.15, 0.2) is 6.07 Å². The van der Waals surface area contributed by atoms with Gasteiger partial charge < -0.3 is 5.43 Å². The molecule has 0 unspecified atom stereocenters. The monoisotopic (exact) mass is 278 g/mol. The first-order valence-corrected chi connectivity index (χ1v) is 6.55. The van der Waals surface area contributed by atoms with E-state index in [1.807, 2.05) is 13.8 Å². The lowest BCUT2D eigenvalue weighted by molar-refractivity contribution is 0.781. The molecule has 2 aromatic rings. The first-order chi connectivity index (χ1) is 9.10. The van der Waals surface area contributed by atoms with Gasteiger partial charge in [-0.15, -0.1) is 0 Å². The summed E-state index contributed by atoms with van der Waals surface area (Å²) in [6.07, 6.45) is 2.26. The predicted molar refractivity (Wildman–Crippen MR) is 73.4 cm³/mol. The van der Waals surface area contributed by atoms with E-state index in [2.05, 4.69) is 20.5 Å². The standard InChI is InChI=1S/C12H15ClN6/c1-6-11(13)7(2)19(18-6)10-5-9(17-14)15-12(16-10)8-3-4-8/h5,8H,3-4,14H2,1-2H3,(H,15,16,17). The van der Waals surface area contributed by atoms with Crippen LogP contribution in [0.25, 0.3) is 5.82 Å². The van der Waals surface area contributed by atoms with Gasteiger partial charge in [0.25, 0.3) is 0 Å². The van der Waals surface area contributed by atoms with Crippen molar-refractivity contribution in [1.82, 2.24) is 19.7 Å². The van der Waals surface area contributed by atoms with Crippen LogP contribution in [0.2, 0.25) is 5.02 Å². The quantitative estimate of drug-likeness (QED) is 0.664. The third-order valence-electron chi connectivity index (χ3n) is 3.24. The summed E-state index contributed by atoms with van der Waals surface area (Å²) in [4.78, 5) is 8.94. The highest BCUT2D eigenvalue weighted by Crippen LogP contribution is 2.38. The summed E-state index contributed by atoms with van der Waals surface area (Å²) >= 11 is 6.17. The molecular formula is C12H15ClN6. The smallest absolute Gasteiger partial charge is 0.159 e. The van der Waals surface area contributed by atoms with E-state index >= 15 is 0 Å². The van der Waals surface area contributed by atoms with E-state index in [1.54, 1.807) is 10.7 Å². The lowest BCUT2D eigenvalue weighted by Gasteiger charge is -2.08. The van der Waals surface area contributed by atoms with Crippen LogP contribution in [0.4, 0.5) is 5.82 Å². The van der Waals surface area contributed by atoms with Gasteiger partial charge in [0.15, 0.2) is 5.82 Å². The minimum atomic E-state index is 0.444. The second kappa shape index (κ2) is 4.47. The van der Waals surface area contributed by atoms with Crippen molar-refractivity contribution in [2.75, 3.05) is 5.43 Å². The third kappa shape index (κ3) is 2.17. The largest absolute Gasteiger partial charge is 0.308 e. The Hall–Kier alpha value is -1.66. The minimum Gasteiger partial charge on any atom is -0.308 e. The molecule has 1 aliphatic rings. The molecule has 0 aliphatic heterocycles. The summed E-state index contributed by atoms with van der Waals surface area (Å²) in [5, 5.41) is 5.06. The van der Waals surface area contributed by atoms with E-state index in [4.69, 9.17) is 17.4 Å². The molecule has 0 atom stereocenters. The highest BCUT2D eigenvalue weighted by atomic mass is 35.5. The van der Waals surface area contributed by atoms with Crippen molar-refractivity contribution in [2.45, 2.75) is 32.6 Å². The van der Waals surface area contributed by atoms with Crippen LogP contribution in [-0.4, -0.2) is 19.7 Å². The van der Waals surface area contributed by atoms with Gasteiger partial charge >= 0.3 is 0 Å². The zero-order chi connectivity index (χ0) is 13.6. The molecule has 7 heteroatoms. The maximum Gasteiger partial charge on any atom is 0.159 e. The fourth-order valence-corrected chi connectivity index (χ4v) is 2.12. The summed E-state index contributed by atoms with van der Waals surface area (Å²) in [6, 6.07) is 1.77. The molecule has 3 N–H and O–H groups in total. The van der Waals surface area contributed by atoms with Gasteiger partial charge in [0.05, 0.1) is 16.4 Å². The Labute approximate surface area is 116 Å². The molecule has 0 spiro atoms. The number of nitrogens with one attached hydrogen (secondary N) is 1. The molecule has 2 heterocycles. The number of halogens is 1. The summed E-state index contributed by atoms with van der Waals surface area (Å²) in [6.45, 7) is 3.79. The highest BCUT2D eigenvalue weighted by Gasteiger charge is 2.28. The fourth-order valence-electron chi connectivity index (χ4n) is 2.01. The van der Waals surface area contributed by atoms with Crippen LogP contribution in [0.3, 0.4) is 0 Å². The normalized spacial score (nSPS) is 14.7. The predicted octanol–water partition coefficient (Wildman–Crippen LogP) is 2.10. The Morgan fingerprint density at radius 1 is 1.37 bits per heavy atom. The molecule has 1 aliphatic carbocycles. The van der Waals surface area contributed by atoms with Crippen LogP contribution in [0, 0.1) is 13.8 Å². The number of hydrogen-bond donors (Lipinski definition) is 2. The van der Waals surface area contributed by atoms with Crippen molar-refractivity contribution in [2.24, 2.45) is 5.84 Å².